The van der Waals surface area contributed by atoms with Crippen LogP contribution < -0.4 is 5.32 Å². The summed E-state index contributed by atoms with van der Waals surface area (Å²) in [4.78, 5) is 64.1. The summed E-state index contributed by atoms with van der Waals surface area (Å²) in [5.41, 5.74) is 0.644. The van der Waals surface area contributed by atoms with Crippen molar-refractivity contribution >= 4 is 40.3 Å². The first-order chi connectivity index (χ1) is 17.8. The second-order valence-electron chi connectivity index (χ2n) is 8.92. The summed E-state index contributed by atoms with van der Waals surface area (Å²) in [5.74, 6) is -5.71. The summed E-state index contributed by atoms with van der Waals surface area (Å²) in [6.45, 7) is 1.26. The van der Waals surface area contributed by atoms with Gasteiger partial charge in [-0.15, -0.1) is 0 Å². The molecular formula is C28H22N2O7. The standard InChI is InChI=1S/C28H22N2O7/c1-15-22(27(34)35)30-23(24(15)31)21(26(30)33)29-25(32)20(18-8-3-2-4-9-18)28(36)37-14-16-11-12-17-7-5-6-10-19(17)13-16/h2-13,20-21,23H,14H2,1H3,(H,29,32)(H,34,35)/t20?,21?,23-/m0/s1. The van der Waals surface area contributed by atoms with Crippen LogP contribution in [0.5, 0.6) is 0 Å². The van der Waals surface area contributed by atoms with E-state index in [2.05, 4.69) is 5.32 Å². The van der Waals surface area contributed by atoms with Gasteiger partial charge in [-0.25, -0.2) is 4.79 Å². The van der Waals surface area contributed by atoms with E-state index in [1.807, 2.05) is 42.5 Å². The summed E-state index contributed by atoms with van der Waals surface area (Å²) in [6.07, 6.45) is 0. The molecule has 1 fully saturated rings. The third-order valence-corrected chi connectivity index (χ3v) is 6.66. The number of β-lactam (4-membered cyclic amide) rings is 1. The predicted octanol–water partition coefficient (Wildman–Crippen LogP) is 2.30. The van der Waals surface area contributed by atoms with Gasteiger partial charge in [-0.05, 0) is 34.9 Å². The number of nitrogens with zero attached hydrogens (tertiary/aromatic N) is 1. The lowest BCUT2D eigenvalue weighted by Crippen LogP contribution is -2.71. The minimum atomic E-state index is -1.40. The number of esters is 1. The Balaban J connectivity index is 1.33. The Morgan fingerprint density at radius 2 is 1.65 bits per heavy atom. The third kappa shape index (κ3) is 4.14. The molecule has 3 aromatic rings. The van der Waals surface area contributed by atoms with Crippen molar-refractivity contribution in [1.82, 2.24) is 10.2 Å². The van der Waals surface area contributed by atoms with Gasteiger partial charge in [-0.1, -0.05) is 66.7 Å². The number of aliphatic carboxylic acids is 1. The molecule has 3 atom stereocenters. The van der Waals surface area contributed by atoms with E-state index in [9.17, 15) is 29.1 Å². The summed E-state index contributed by atoms with van der Waals surface area (Å²) in [7, 11) is 0. The number of nitrogens with one attached hydrogen (secondary N) is 1. The lowest BCUT2D eigenvalue weighted by Gasteiger charge is -2.42. The molecule has 0 saturated carbocycles. The van der Waals surface area contributed by atoms with Crippen LogP contribution in [-0.2, 0) is 35.3 Å². The highest BCUT2D eigenvalue weighted by molar-refractivity contribution is 6.20. The van der Waals surface area contributed by atoms with Crippen LogP contribution in [0.15, 0.2) is 84.1 Å². The number of benzene rings is 3. The molecule has 0 radical (unpaired) electrons. The SMILES string of the molecule is CC1=C(C(=O)O)N2C(=O)C(NC(=O)C(C(=O)OCc3ccc4ccccc4c3)c3ccccc3)[C@H]2C1=O. The van der Waals surface area contributed by atoms with Crippen LogP contribution in [0.1, 0.15) is 24.0 Å². The number of ketones is 1. The molecule has 0 aliphatic carbocycles. The van der Waals surface area contributed by atoms with Crippen molar-refractivity contribution in [2.75, 3.05) is 0 Å². The van der Waals surface area contributed by atoms with Gasteiger partial charge in [-0.3, -0.25) is 24.1 Å². The molecule has 9 heteroatoms. The highest BCUT2D eigenvalue weighted by Crippen LogP contribution is 2.36. The van der Waals surface area contributed by atoms with Crippen LogP contribution in [0.25, 0.3) is 10.8 Å². The van der Waals surface area contributed by atoms with E-state index in [1.165, 1.54) is 6.92 Å². The maximum absolute atomic E-state index is 13.3. The molecule has 186 valence electrons. The van der Waals surface area contributed by atoms with Crippen LogP contribution in [0, 0.1) is 0 Å². The van der Waals surface area contributed by atoms with E-state index in [0.29, 0.717) is 5.56 Å². The largest absolute Gasteiger partial charge is 0.477 e. The number of carbonyl (C=O) groups excluding carboxylic acids is 4. The molecule has 1 saturated heterocycles. The van der Waals surface area contributed by atoms with Gasteiger partial charge < -0.3 is 15.2 Å². The molecule has 2 N–H and O–H groups in total. The molecule has 2 aliphatic heterocycles. The number of carboxylic acids is 1. The first kappa shape index (κ1) is 23.9. The fraction of sp³-hybridized carbons (Fsp3) is 0.179. The van der Waals surface area contributed by atoms with Crippen molar-refractivity contribution in [3.63, 3.8) is 0 Å². The number of fused-ring (bicyclic) bond motifs is 2. The third-order valence-electron chi connectivity index (χ3n) is 6.66. The number of Topliss-reactive ketones (excluding diaryl/α,β-unsaturated/α-hetero) is 1. The van der Waals surface area contributed by atoms with Gasteiger partial charge in [0.15, 0.2) is 11.7 Å². The molecule has 5 rings (SSSR count). The Morgan fingerprint density at radius 3 is 2.35 bits per heavy atom. The molecule has 0 bridgehead atoms. The van der Waals surface area contributed by atoms with Crippen LogP contribution in [0.2, 0.25) is 0 Å². The van der Waals surface area contributed by atoms with Gasteiger partial charge in [0.25, 0.3) is 5.91 Å². The maximum atomic E-state index is 13.3. The molecule has 0 spiro atoms. The number of hydrogen-bond acceptors (Lipinski definition) is 6. The van der Waals surface area contributed by atoms with E-state index < -0.39 is 47.5 Å². The number of rotatable bonds is 7. The summed E-state index contributed by atoms with van der Waals surface area (Å²) < 4.78 is 5.50. The van der Waals surface area contributed by atoms with E-state index in [4.69, 9.17) is 4.74 Å². The fourth-order valence-corrected chi connectivity index (χ4v) is 4.77. The Morgan fingerprint density at radius 1 is 0.973 bits per heavy atom. The van der Waals surface area contributed by atoms with Gasteiger partial charge >= 0.3 is 11.9 Å². The number of ether oxygens (including phenoxy) is 1. The zero-order chi connectivity index (χ0) is 26.3. The minimum absolute atomic E-state index is 0.0583. The van der Waals surface area contributed by atoms with Crippen molar-refractivity contribution in [3.8, 4) is 0 Å². The summed E-state index contributed by atoms with van der Waals surface area (Å²) in [6, 6.07) is 19.2. The average molecular weight is 498 g/mol. The summed E-state index contributed by atoms with van der Waals surface area (Å²) in [5, 5.41) is 13.9. The molecular weight excluding hydrogens is 476 g/mol. The molecule has 2 aliphatic rings. The van der Waals surface area contributed by atoms with Crippen molar-refractivity contribution < 1.29 is 33.8 Å². The molecule has 2 unspecified atom stereocenters. The van der Waals surface area contributed by atoms with Gasteiger partial charge in [0.2, 0.25) is 5.91 Å². The second kappa shape index (κ2) is 9.34. The molecule has 2 heterocycles. The first-order valence-electron chi connectivity index (χ1n) is 11.6. The van der Waals surface area contributed by atoms with E-state index >= 15 is 0 Å². The van der Waals surface area contributed by atoms with Gasteiger partial charge in [0.05, 0.1) is 0 Å². The minimum Gasteiger partial charge on any atom is -0.477 e. The van der Waals surface area contributed by atoms with Crippen molar-refractivity contribution in [2.45, 2.75) is 31.5 Å². The lowest BCUT2D eigenvalue weighted by molar-refractivity contribution is -0.157. The van der Waals surface area contributed by atoms with Gasteiger partial charge in [0.1, 0.15) is 24.4 Å². The van der Waals surface area contributed by atoms with Gasteiger partial charge in [0, 0.05) is 5.57 Å². The fourth-order valence-electron chi connectivity index (χ4n) is 4.77. The normalized spacial score (nSPS) is 19.3. The number of carbonyl (C=O) groups is 5. The van der Waals surface area contributed by atoms with Crippen molar-refractivity contribution in [1.29, 1.82) is 0 Å². The number of amides is 2. The van der Waals surface area contributed by atoms with Crippen LogP contribution >= 0.6 is 0 Å². The van der Waals surface area contributed by atoms with Crippen molar-refractivity contribution in [2.24, 2.45) is 0 Å². The monoisotopic (exact) mass is 498 g/mol. The molecule has 0 aromatic heterocycles. The van der Waals surface area contributed by atoms with Crippen molar-refractivity contribution in [3.05, 3.63) is 95.2 Å². The van der Waals surface area contributed by atoms with Gasteiger partial charge in [-0.2, -0.15) is 0 Å². The molecule has 9 nitrogen and oxygen atoms in total. The summed E-state index contributed by atoms with van der Waals surface area (Å²) >= 11 is 0. The average Bonchev–Trinajstić information content (AvgIpc) is 3.14. The second-order valence-corrected chi connectivity index (χ2v) is 8.92. The smallest absolute Gasteiger partial charge is 0.353 e. The Hall–Kier alpha value is -4.79. The topological polar surface area (TPSA) is 130 Å². The van der Waals surface area contributed by atoms with E-state index in [-0.39, 0.29) is 17.9 Å². The Bertz CT molecular complexity index is 1490. The molecule has 3 aromatic carbocycles. The zero-order valence-corrected chi connectivity index (χ0v) is 19.7. The molecule has 2 amide bonds. The van der Waals surface area contributed by atoms with Crippen LogP contribution in [0.3, 0.4) is 0 Å². The lowest BCUT2D eigenvalue weighted by atomic mass is 9.91. The van der Waals surface area contributed by atoms with Crippen LogP contribution in [0.4, 0.5) is 0 Å². The highest BCUT2D eigenvalue weighted by Gasteiger charge is 2.60. The quantitative estimate of drug-likeness (QED) is 0.290. The van der Waals surface area contributed by atoms with Crippen LogP contribution in [-0.4, -0.2) is 51.6 Å². The zero-order valence-electron chi connectivity index (χ0n) is 19.7. The molecule has 37 heavy (non-hydrogen) atoms. The number of carboxylic acid groups (broad SMARTS) is 1. The Labute approximate surface area is 211 Å². The number of hydrogen-bond donors (Lipinski definition) is 2. The Kier molecular flexibility index (Phi) is 6.04. The maximum Gasteiger partial charge on any atom is 0.353 e. The van der Waals surface area contributed by atoms with E-state index in [0.717, 1.165) is 21.2 Å². The van der Waals surface area contributed by atoms with E-state index in [1.54, 1.807) is 30.3 Å². The predicted molar refractivity (Wildman–Crippen MR) is 131 cm³/mol. The highest BCUT2D eigenvalue weighted by atomic mass is 16.5. The first-order valence-corrected chi connectivity index (χ1v) is 11.6.